The van der Waals surface area contributed by atoms with Crippen LogP contribution < -0.4 is 0 Å². The highest BCUT2D eigenvalue weighted by atomic mass is 32.2. The van der Waals surface area contributed by atoms with Crippen molar-refractivity contribution < 1.29 is 27.1 Å². The molecule has 0 bridgehead atoms. The first kappa shape index (κ1) is 41.8. The Balaban J connectivity index is 0.000000177. The lowest BCUT2D eigenvalue weighted by Gasteiger charge is -2.33. The third-order valence-corrected chi connectivity index (χ3v) is 12.5. The molecule has 0 aliphatic carbocycles. The molecule has 0 N–H and O–H groups in total. The minimum Gasteiger partial charge on any atom is -0.461 e. The molecule has 8 rings (SSSR count). The van der Waals surface area contributed by atoms with Gasteiger partial charge in [0.2, 0.25) is 0 Å². The molecule has 2 fully saturated rings. The molecular formula is C42H50F2N8O4S2. The number of ether oxygens (including phenoxy) is 2. The van der Waals surface area contributed by atoms with Crippen LogP contribution in [0.4, 0.5) is 8.78 Å². The van der Waals surface area contributed by atoms with Crippen LogP contribution in [0.5, 0.6) is 0 Å². The first-order valence-corrected chi connectivity index (χ1v) is 21.5. The Kier molecular flexibility index (Phi) is 14.5. The first-order valence-electron chi connectivity index (χ1n) is 19.6. The van der Waals surface area contributed by atoms with Crippen molar-refractivity contribution in [3.63, 3.8) is 0 Å². The van der Waals surface area contributed by atoms with Crippen LogP contribution in [-0.2, 0) is 23.6 Å². The summed E-state index contributed by atoms with van der Waals surface area (Å²) in [6, 6.07) is 17.1. The van der Waals surface area contributed by atoms with Gasteiger partial charge in [-0.3, -0.25) is 9.80 Å². The lowest BCUT2D eigenvalue weighted by Crippen LogP contribution is -2.39. The van der Waals surface area contributed by atoms with Crippen molar-refractivity contribution in [1.82, 2.24) is 39.3 Å². The number of aryl methyl sites for hydroxylation is 2. The van der Waals surface area contributed by atoms with Gasteiger partial charge in [-0.1, -0.05) is 47.8 Å². The maximum atomic E-state index is 13.1. The van der Waals surface area contributed by atoms with Crippen LogP contribution in [0.2, 0.25) is 0 Å². The number of benzene rings is 2. The third kappa shape index (κ3) is 10.6. The number of nitrogens with zero attached hydrogens (tertiary/aromatic N) is 8. The predicted octanol–water partition coefficient (Wildman–Crippen LogP) is 8.16. The quantitative estimate of drug-likeness (QED) is 0.0780. The molecule has 0 amide bonds. The fourth-order valence-electron chi connectivity index (χ4n) is 6.95. The number of hydrogen-bond donors (Lipinski definition) is 0. The van der Waals surface area contributed by atoms with Crippen LogP contribution in [-0.4, -0.2) is 103 Å². The van der Waals surface area contributed by atoms with E-state index in [1.807, 2.05) is 73.5 Å². The molecule has 6 heterocycles. The Morgan fingerprint density at radius 3 is 1.40 bits per heavy atom. The summed E-state index contributed by atoms with van der Waals surface area (Å²) in [7, 11) is 3.93. The Bertz CT molecular complexity index is 2040. The summed E-state index contributed by atoms with van der Waals surface area (Å²) in [5.41, 5.74) is 4.18. The lowest BCUT2D eigenvalue weighted by atomic mass is 10.1. The molecule has 4 aromatic heterocycles. The van der Waals surface area contributed by atoms with Crippen LogP contribution in [0.15, 0.2) is 92.3 Å². The van der Waals surface area contributed by atoms with Gasteiger partial charge in [0.15, 0.2) is 33.5 Å². The highest BCUT2D eigenvalue weighted by molar-refractivity contribution is 7.99. The molecule has 58 heavy (non-hydrogen) atoms. The number of halogens is 2. The minimum atomic E-state index is -0.215. The predicted molar refractivity (Wildman–Crippen MR) is 221 cm³/mol. The standard InChI is InChI=1S/2C21H25FN4O2S/c2*1-15-8-11-28-19(15)20-23-24-21(25(20)2)29-13-3-9-26-10-12-27-18(14-26)16-4-6-17(22)7-5-16/h2*4-8,11,18H,3,9-10,12-14H2,1-2H3/t2*18-/m10/s1. The molecule has 2 aliphatic heterocycles. The van der Waals surface area contributed by atoms with Crippen molar-refractivity contribution in [2.45, 2.75) is 49.2 Å². The average Bonchev–Trinajstić information content (AvgIpc) is 4.04. The number of rotatable bonds is 14. The summed E-state index contributed by atoms with van der Waals surface area (Å²) in [4.78, 5) is 4.82. The zero-order valence-electron chi connectivity index (χ0n) is 33.4. The van der Waals surface area contributed by atoms with Gasteiger partial charge in [0.1, 0.15) is 11.6 Å². The monoisotopic (exact) mass is 832 g/mol. The maximum absolute atomic E-state index is 13.1. The highest BCUT2D eigenvalue weighted by Gasteiger charge is 2.24. The molecule has 0 saturated carbocycles. The average molecular weight is 833 g/mol. The summed E-state index contributed by atoms with van der Waals surface area (Å²) in [6.07, 6.45) is 5.46. The minimum absolute atomic E-state index is 0.00911. The van der Waals surface area contributed by atoms with Crippen molar-refractivity contribution in [3.8, 4) is 23.2 Å². The van der Waals surface area contributed by atoms with Gasteiger partial charge in [-0.2, -0.15) is 0 Å². The van der Waals surface area contributed by atoms with Gasteiger partial charge in [-0.15, -0.1) is 20.4 Å². The first-order chi connectivity index (χ1) is 28.2. The van der Waals surface area contributed by atoms with Gasteiger partial charge in [-0.05, 0) is 98.4 Å². The highest BCUT2D eigenvalue weighted by Crippen LogP contribution is 2.29. The van der Waals surface area contributed by atoms with Gasteiger partial charge in [0.05, 0.1) is 37.9 Å². The lowest BCUT2D eigenvalue weighted by molar-refractivity contribution is -0.0298. The normalized spacial score (nSPS) is 17.7. The van der Waals surface area contributed by atoms with E-state index < -0.39 is 0 Å². The van der Waals surface area contributed by atoms with Crippen LogP contribution >= 0.6 is 23.5 Å². The number of aromatic nitrogens is 6. The number of furan rings is 2. The molecule has 308 valence electrons. The van der Waals surface area contributed by atoms with Gasteiger partial charge in [0.25, 0.3) is 0 Å². The Morgan fingerprint density at radius 1 is 0.603 bits per heavy atom. The fraction of sp³-hybridized carbons (Fsp3) is 0.429. The molecule has 2 aliphatic rings. The molecule has 16 heteroatoms. The molecule has 12 nitrogen and oxygen atoms in total. The van der Waals surface area contributed by atoms with Gasteiger partial charge in [0, 0.05) is 51.8 Å². The van der Waals surface area contributed by atoms with Crippen molar-refractivity contribution in [1.29, 1.82) is 0 Å². The van der Waals surface area contributed by atoms with E-state index in [0.717, 1.165) is 119 Å². The molecule has 0 radical (unpaired) electrons. The van der Waals surface area contributed by atoms with Gasteiger partial charge >= 0.3 is 0 Å². The van der Waals surface area contributed by atoms with E-state index in [-0.39, 0.29) is 23.8 Å². The molecular weight excluding hydrogens is 783 g/mol. The second-order valence-electron chi connectivity index (χ2n) is 14.4. The summed E-state index contributed by atoms with van der Waals surface area (Å²) < 4.78 is 53.0. The molecule has 2 saturated heterocycles. The summed E-state index contributed by atoms with van der Waals surface area (Å²) >= 11 is 3.41. The van der Waals surface area contributed by atoms with E-state index in [9.17, 15) is 8.78 Å². The number of hydrogen-bond acceptors (Lipinski definition) is 12. The van der Waals surface area contributed by atoms with Crippen molar-refractivity contribution in [2.24, 2.45) is 14.1 Å². The molecule has 2 aromatic carbocycles. The zero-order valence-corrected chi connectivity index (χ0v) is 35.0. The maximum Gasteiger partial charge on any atom is 0.200 e. The van der Waals surface area contributed by atoms with Crippen molar-refractivity contribution in [3.05, 3.63) is 107 Å². The van der Waals surface area contributed by atoms with Crippen LogP contribution in [0, 0.1) is 25.5 Å². The van der Waals surface area contributed by atoms with Crippen molar-refractivity contribution in [2.75, 3.05) is 64.0 Å². The molecule has 0 spiro atoms. The Labute approximate surface area is 346 Å². The van der Waals surface area contributed by atoms with E-state index >= 15 is 0 Å². The van der Waals surface area contributed by atoms with Gasteiger partial charge in [-0.25, -0.2) is 8.78 Å². The fourth-order valence-corrected chi connectivity index (χ4v) is 8.62. The van der Waals surface area contributed by atoms with E-state index in [1.165, 1.54) is 24.3 Å². The topological polar surface area (TPSA) is 113 Å². The summed E-state index contributed by atoms with van der Waals surface area (Å²) in [6.45, 7) is 10.9. The molecule has 0 unspecified atom stereocenters. The second-order valence-corrected chi connectivity index (χ2v) is 16.5. The molecule has 6 aromatic rings. The van der Waals surface area contributed by atoms with E-state index in [2.05, 4.69) is 30.2 Å². The van der Waals surface area contributed by atoms with E-state index in [4.69, 9.17) is 18.3 Å². The Morgan fingerprint density at radius 2 is 1.02 bits per heavy atom. The van der Waals surface area contributed by atoms with Crippen LogP contribution in [0.25, 0.3) is 23.2 Å². The van der Waals surface area contributed by atoms with Crippen LogP contribution in [0.1, 0.15) is 47.3 Å². The largest absolute Gasteiger partial charge is 0.461 e. The summed E-state index contributed by atoms with van der Waals surface area (Å²) in [5, 5.41) is 19.0. The summed E-state index contributed by atoms with van der Waals surface area (Å²) in [5.74, 6) is 4.54. The van der Waals surface area contributed by atoms with E-state index in [1.54, 1.807) is 36.1 Å². The smallest absolute Gasteiger partial charge is 0.200 e. The zero-order chi connectivity index (χ0) is 40.4. The van der Waals surface area contributed by atoms with Gasteiger partial charge < -0.3 is 27.4 Å². The number of thioether (sulfide) groups is 2. The van der Waals surface area contributed by atoms with E-state index in [0.29, 0.717) is 13.2 Å². The van der Waals surface area contributed by atoms with Crippen LogP contribution in [0.3, 0.4) is 0 Å². The SMILES string of the molecule is Cc1ccoc1-c1nnc(SCCCN2CCO[C@@H](c3ccc(F)cc3)C2)n1C.Cc1ccoc1-c1nnc(SCCCN2CCO[C@H](c3ccc(F)cc3)C2)n1C. The third-order valence-electron chi connectivity index (χ3n) is 10.3. The second kappa shape index (κ2) is 20.1. The Hall–Kier alpha value is -4.32. The molecule has 2 atom stereocenters. The number of morpholine rings is 2. The van der Waals surface area contributed by atoms with Crippen molar-refractivity contribution >= 4 is 23.5 Å².